The van der Waals surface area contributed by atoms with Gasteiger partial charge in [-0.15, -0.1) is 24.5 Å². The molecule has 1 heterocycles. The van der Waals surface area contributed by atoms with Crippen LogP contribution in [-0.4, -0.2) is 32.3 Å². The van der Waals surface area contributed by atoms with Gasteiger partial charge in [0, 0.05) is 23.5 Å². The normalized spacial score (nSPS) is 11.0. The molecule has 0 atom stereocenters. The van der Waals surface area contributed by atoms with Crippen LogP contribution in [0.3, 0.4) is 0 Å². The van der Waals surface area contributed by atoms with E-state index in [-0.39, 0.29) is 17.3 Å². The summed E-state index contributed by atoms with van der Waals surface area (Å²) >= 11 is 1.56. The zero-order chi connectivity index (χ0) is 18.3. The van der Waals surface area contributed by atoms with Crippen LogP contribution >= 0.6 is 11.3 Å². The van der Waals surface area contributed by atoms with E-state index in [0.29, 0.717) is 18.7 Å². The maximum atomic E-state index is 12.8. The highest BCUT2D eigenvalue weighted by atomic mass is 32.2. The summed E-state index contributed by atoms with van der Waals surface area (Å²) in [5, 5.41) is 1.95. The Morgan fingerprint density at radius 1 is 1.20 bits per heavy atom. The van der Waals surface area contributed by atoms with E-state index in [1.54, 1.807) is 34.4 Å². The fourth-order valence-electron chi connectivity index (χ4n) is 2.20. The van der Waals surface area contributed by atoms with Crippen molar-refractivity contribution in [2.75, 3.05) is 13.1 Å². The largest absolute Gasteiger partial charge is 0.330 e. The standard InChI is InChI=1S/C18H20N2O3S2/c1-3-10-19-25(22,23)17-9-5-7-15(13-17)18(21)20(11-4-2)14-16-8-6-12-24-16/h3-9,12-13,19H,1-2,10-11,14H2. The first-order chi connectivity index (χ1) is 12.0. The minimum Gasteiger partial charge on any atom is -0.330 e. The Morgan fingerprint density at radius 3 is 2.64 bits per heavy atom. The first-order valence-electron chi connectivity index (χ1n) is 7.61. The number of thiophene rings is 1. The van der Waals surface area contributed by atoms with Crippen LogP contribution in [0.4, 0.5) is 0 Å². The van der Waals surface area contributed by atoms with Gasteiger partial charge in [-0.1, -0.05) is 24.3 Å². The molecule has 7 heteroatoms. The highest BCUT2D eigenvalue weighted by Crippen LogP contribution is 2.17. The molecule has 25 heavy (non-hydrogen) atoms. The lowest BCUT2D eigenvalue weighted by atomic mass is 10.2. The average molecular weight is 377 g/mol. The van der Waals surface area contributed by atoms with Gasteiger partial charge in [0.15, 0.2) is 0 Å². The summed E-state index contributed by atoms with van der Waals surface area (Å²) < 4.78 is 26.8. The lowest BCUT2D eigenvalue weighted by Gasteiger charge is -2.21. The first-order valence-corrected chi connectivity index (χ1v) is 9.97. The van der Waals surface area contributed by atoms with E-state index in [0.717, 1.165) is 4.88 Å². The van der Waals surface area contributed by atoms with Crippen LogP contribution in [-0.2, 0) is 16.6 Å². The topological polar surface area (TPSA) is 66.5 Å². The van der Waals surface area contributed by atoms with Gasteiger partial charge in [-0.3, -0.25) is 4.79 Å². The van der Waals surface area contributed by atoms with Crippen molar-refractivity contribution in [3.63, 3.8) is 0 Å². The van der Waals surface area contributed by atoms with Crippen LogP contribution in [0, 0.1) is 0 Å². The third kappa shape index (κ3) is 5.12. The second-order valence-corrected chi connectivity index (χ2v) is 8.02. The van der Waals surface area contributed by atoms with Crippen LogP contribution in [0.5, 0.6) is 0 Å². The van der Waals surface area contributed by atoms with E-state index in [1.807, 2.05) is 17.5 Å². The highest BCUT2D eigenvalue weighted by Gasteiger charge is 2.19. The maximum absolute atomic E-state index is 12.8. The molecule has 0 aliphatic rings. The summed E-state index contributed by atoms with van der Waals surface area (Å²) in [6, 6.07) is 9.90. The molecule has 0 spiro atoms. The Morgan fingerprint density at radius 2 is 2.00 bits per heavy atom. The van der Waals surface area contributed by atoms with Crippen molar-refractivity contribution in [1.29, 1.82) is 0 Å². The molecule has 0 fully saturated rings. The molecule has 2 rings (SSSR count). The second-order valence-electron chi connectivity index (χ2n) is 5.22. The molecule has 0 unspecified atom stereocenters. The van der Waals surface area contributed by atoms with Gasteiger partial charge < -0.3 is 4.90 Å². The molecule has 0 aliphatic heterocycles. The summed E-state index contributed by atoms with van der Waals surface area (Å²) in [6.45, 7) is 8.13. The van der Waals surface area contributed by atoms with Crippen molar-refractivity contribution in [3.05, 3.63) is 77.5 Å². The number of amides is 1. The van der Waals surface area contributed by atoms with Gasteiger partial charge in [-0.05, 0) is 29.6 Å². The Bertz CT molecular complexity index is 843. The summed E-state index contributed by atoms with van der Waals surface area (Å²) in [6.07, 6.45) is 3.11. The third-order valence-electron chi connectivity index (χ3n) is 3.37. The fourth-order valence-corrected chi connectivity index (χ4v) is 3.96. The number of rotatable bonds is 9. The molecule has 1 N–H and O–H groups in total. The predicted octanol–water partition coefficient (Wildman–Crippen LogP) is 3.04. The Hall–Kier alpha value is -2.22. The Labute approximate surface area is 152 Å². The Kier molecular flexibility index (Phi) is 6.69. The third-order valence-corrected chi connectivity index (χ3v) is 5.65. The zero-order valence-corrected chi connectivity index (χ0v) is 15.4. The van der Waals surface area contributed by atoms with Gasteiger partial charge in [0.05, 0.1) is 11.4 Å². The first kappa shape index (κ1) is 19.1. The number of sulfonamides is 1. The molecule has 1 aromatic heterocycles. The van der Waals surface area contributed by atoms with Crippen LogP contribution in [0.25, 0.3) is 0 Å². The van der Waals surface area contributed by atoms with E-state index in [2.05, 4.69) is 17.9 Å². The van der Waals surface area contributed by atoms with Crippen molar-refractivity contribution >= 4 is 27.3 Å². The maximum Gasteiger partial charge on any atom is 0.254 e. The fraction of sp³-hybridized carbons (Fsp3) is 0.167. The molecule has 1 amide bonds. The molecule has 0 radical (unpaired) electrons. The highest BCUT2D eigenvalue weighted by molar-refractivity contribution is 7.89. The van der Waals surface area contributed by atoms with Crippen molar-refractivity contribution in [2.45, 2.75) is 11.4 Å². The minimum absolute atomic E-state index is 0.0508. The summed E-state index contributed by atoms with van der Waals surface area (Å²) in [5.41, 5.74) is 0.319. The number of nitrogens with zero attached hydrogens (tertiary/aromatic N) is 1. The van der Waals surface area contributed by atoms with Crippen molar-refractivity contribution in [1.82, 2.24) is 9.62 Å². The van der Waals surface area contributed by atoms with Gasteiger partial charge in [0.1, 0.15) is 0 Å². The molecule has 132 valence electrons. The molecular formula is C18H20N2O3S2. The SMILES string of the molecule is C=CCNS(=O)(=O)c1cccc(C(=O)N(CC=C)Cc2cccs2)c1. The molecule has 1 aromatic carbocycles. The monoisotopic (exact) mass is 376 g/mol. The van der Waals surface area contributed by atoms with Crippen molar-refractivity contribution in [2.24, 2.45) is 0 Å². The van der Waals surface area contributed by atoms with E-state index in [4.69, 9.17) is 0 Å². The molecule has 0 saturated carbocycles. The summed E-state index contributed by atoms with van der Waals surface area (Å²) in [5.74, 6) is -0.242. The van der Waals surface area contributed by atoms with Crippen LogP contribution in [0.1, 0.15) is 15.2 Å². The van der Waals surface area contributed by atoms with Crippen molar-refractivity contribution < 1.29 is 13.2 Å². The molecule has 5 nitrogen and oxygen atoms in total. The number of hydrogen-bond acceptors (Lipinski definition) is 4. The van der Waals surface area contributed by atoms with Gasteiger partial charge in [0.2, 0.25) is 10.0 Å². The van der Waals surface area contributed by atoms with Crippen molar-refractivity contribution in [3.8, 4) is 0 Å². The van der Waals surface area contributed by atoms with E-state index in [9.17, 15) is 13.2 Å². The predicted molar refractivity (Wildman–Crippen MR) is 101 cm³/mol. The molecule has 2 aromatic rings. The van der Waals surface area contributed by atoms with Crippen LogP contribution in [0.2, 0.25) is 0 Å². The quantitative estimate of drug-likeness (QED) is 0.684. The van der Waals surface area contributed by atoms with Gasteiger partial charge in [-0.2, -0.15) is 0 Å². The summed E-state index contributed by atoms with van der Waals surface area (Å²) in [4.78, 5) is 15.5. The zero-order valence-electron chi connectivity index (χ0n) is 13.7. The number of hydrogen-bond donors (Lipinski definition) is 1. The van der Waals surface area contributed by atoms with E-state index in [1.165, 1.54) is 18.2 Å². The van der Waals surface area contributed by atoms with E-state index >= 15 is 0 Å². The molecule has 0 bridgehead atoms. The summed E-state index contributed by atoms with van der Waals surface area (Å²) in [7, 11) is -3.68. The van der Waals surface area contributed by atoms with Gasteiger partial charge in [0.25, 0.3) is 5.91 Å². The number of carbonyl (C=O) groups excluding carboxylic acids is 1. The van der Waals surface area contributed by atoms with Gasteiger partial charge in [-0.25, -0.2) is 13.1 Å². The number of benzene rings is 1. The lowest BCUT2D eigenvalue weighted by Crippen LogP contribution is -2.31. The molecule has 0 saturated heterocycles. The number of carbonyl (C=O) groups is 1. The minimum atomic E-state index is -3.68. The second kappa shape index (κ2) is 8.75. The Balaban J connectivity index is 2.26. The van der Waals surface area contributed by atoms with E-state index < -0.39 is 10.0 Å². The van der Waals surface area contributed by atoms with Gasteiger partial charge >= 0.3 is 0 Å². The molecule has 0 aliphatic carbocycles. The van der Waals surface area contributed by atoms with Crippen LogP contribution in [0.15, 0.2) is 72.0 Å². The van der Waals surface area contributed by atoms with Crippen LogP contribution < -0.4 is 4.72 Å². The average Bonchev–Trinajstić information content (AvgIpc) is 3.12. The molecular weight excluding hydrogens is 356 g/mol. The smallest absolute Gasteiger partial charge is 0.254 e. The number of nitrogens with one attached hydrogen (secondary N) is 1. The lowest BCUT2D eigenvalue weighted by molar-refractivity contribution is 0.0764.